The van der Waals surface area contributed by atoms with Crippen molar-refractivity contribution in [1.29, 1.82) is 0 Å². The van der Waals surface area contributed by atoms with Gasteiger partial charge in [-0.3, -0.25) is 4.79 Å². The Bertz CT molecular complexity index is 435. The zero-order chi connectivity index (χ0) is 14.3. The molecule has 4 heteroatoms. The fourth-order valence-electron chi connectivity index (χ4n) is 1.53. The zero-order valence-electron chi connectivity index (χ0n) is 11.4. The Labute approximate surface area is 113 Å². The minimum absolute atomic E-state index is 0.114. The lowest BCUT2D eigenvalue weighted by Crippen LogP contribution is -2.33. The maximum atomic E-state index is 11.6. The van der Waals surface area contributed by atoms with Crippen molar-refractivity contribution in [2.24, 2.45) is 5.41 Å². The average molecular weight is 263 g/mol. The number of carbonyl (C=O) groups excluding carboxylic acids is 1. The molecule has 0 saturated carbocycles. The van der Waals surface area contributed by atoms with E-state index in [1.807, 2.05) is 13.8 Å². The second-order valence-corrected chi connectivity index (χ2v) is 5.28. The van der Waals surface area contributed by atoms with E-state index in [0.29, 0.717) is 13.0 Å². The van der Waals surface area contributed by atoms with Gasteiger partial charge in [0.1, 0.15) is 5.75 Å². The zero-order valence-corrected chi connectivity index (χ0v) is 11.4. The van der Waals surface area contributed by atoms with Crippen LogP contribution >= 0.6 is 0 Å². The minimum Gasteiger partial charge on any atom is -0.508 e. The largest absolute Gasteiger partial charge is 0.508 e. The Kier molecular flexibility index (Phi) is 5.57. The molecule has 1 aromatic rings. The molecule has 0 heterocycles. The molecule has 0 radical (unpaired) electrons. The van der Waals surface area contributed by atoms with E-state index in [9.17, 15) is 4.79 Å². The number of hydrogen-bond acceptors (Lipinski definition) is 3. The van der Waals surface area contributed by atoms with E-state index in [1.54, 1.807) is 30.3 Å². The third-order valence-corrected chi connectivity index (χ3v) is 2.85. The molecule has 0 spiro atoms. The topological polar surface area (TPSA) is 69.6 Å². The molecule has 19 heavy (non-hydrogen) atoms. The van der Waals surface area contributed by atoms with E-state index < -0.39 is 0 Å². The van der Waals surface area contributed by atoms with Crippen molar-refractivity contribution in [2.45, 2.75) is 20.3 Å². The lowest BCUT2D eigenvalue weighted by Gasteiger charge is -2.23. The first kappa shape index (κ1) is 15.2. The first-order chi connectivity index (χ1) is 8.93. The summed E-state index contributed by atoms with van der Waals surface area (Å²) in [4.78, 5) is 11.6. The maximum Gasteiger partial charge on any atom is 0.244 e. The SMILES string of the molecule is CC(C)(CCO)CNC(=O)/C=C/c1ccc(O)cc1. The quantitative estimate of drug-likeness (QED) is 0.687. The number of benzene rings is 1. The van der Waals surface area contributed by atoms with Gasteiger partial charge in [0.05, 0.1) is 0 Å². The number of hydrogen-bond donors (Lipinski definition) is 3. The van der Waals surface area contributed by atoms with Crippen molar-refractivity contribution in [3.8, 4) is 5.75 Å². The maximum absolute atomic E-state index is 11.6. The summed E-state index contributed by atoms with van der Waals surface area (Å²) in [5.74, 6) is 0.0337. The van der Waals surface area contributed by atoms with Gasteiger partial charge in [-0.25, -0.2) is 0 Å². The molecule has 0 atom stereocenters. The van der Waals surface area contributed by atoms with E-state index in [1.165, 1.54) is 6.08 Å². The number of amides is 1. The molecule has 0 saturated heterocycles. The Morgan fingerprint density at radius 3 is 2.53 bits per heavy atom. The van der Waals surface area contributed by atoms with E-state index >= 15 is 0 Å². The highest BCUT2D eigenvalue weighted by molar-refractivity contribution is 5.91. The van der Waals surface area contributed by atoms with Crippen molar-refractivity contribution >= 4 is 12.0 Å². The molecule has 1 rings (SSSR count). The summed E-state index contributed by atoms with van der Waals surface area (Å²) in [6.45, 7) is 4.62. The Balaban J connectivity index is 2.45. The summed E-state index contributed by atoms with van der Waals surface area (Å²) < 4.78 is 0. The van der Waals surface area contributed by atoms with Crippen LogP contribution in [0.2, 0.25) is 0 Å². The number of carbonyl (C=O) groups is 1. The fourth-order valence-corrected chi connectivity index (χ4v) is 1.53. The van der Waals surface area contributed by atoms with Crippen LogP contribution < -0.4 is 5.32 Å². The van der Waals surface area contributed by atoms with Gasteiger partial charge in [0.2, 0.25) is 5.91 Å². The van der Waals surface area contributed by atoms with Crippen LogP contribution in [0.25, 0.3) is 6.08 Å². The molecule has 1 amide bonds. The summed E-state index contributed by atoms with van der Waals surface area (Å²) in [5, 5.41) is 20.8. The molecule has 0 unspecified atom stereocenters. The van der Waals surface area contributed by atoms with Crippen molar-refractivity contribution < 1.29 is 15.0 Å². The van der Waals surface area contributed by atoms with Crippen LogP contribution in [-0.2, 0) is 4.79 Å². The van der Waals surface area contributed by atoms with Gasteiger partial charge in [0.25, 0.3) is 0 Å². The molecule has 0 aliphatic rings. The van der Waals surface area contributed by atoms with Gasteiger partial charge in [0, 0.05) is 19.2 Å². The lowest BCUT2D eigenvalue weighted by atomic mass is 9.90. The van der Waals surface area contributed by atoms with Crippen molar-refractivity contribution in [2.75, 3.05) is 13.2 Å². The lowest BCUT2D eigenvalue weighted by molar-refractivity contribution is -0.116. The smallest absolute Gasteiger partial charge is 0.244 e. The molecule has 0 fully saturated rings. The van der Waals surface area contributed by atoms with Crippen LogP contribution in [-0.4, -0.2) is 29.3 Å². The number of aromatic hydroxyl groups is 1. The van der Waals surface area contributed by atoms with Crippen molar-refractivity contribution in [1.82, 2.24) is 5.32 Å². The van der Waals surface area contributed by atoms with Crippen LogP contribution in [0.3, 0.4) is 0 Å². The van der Waals surface area contributed by atoms with Crippen LogP contribution in [0, 0.1) is 5.41 Å². The third-order valence-electron chi connectivity index (χ3n) is 2.85. The van der Waals surface area contributed by atoms with Gasteiger partial charge in [-0.1, -0.05) is 26.0 Å². The summed E-state index contributed by atoms with van der Waals surface area (Å²) in [6.07, 6.45) is 3.80. The summed E-state index contributed by atoms with van der Waals surface area (Å²) in [6, 6.07) is 6.60. The van der Waals surface area contributed by atoms with Gasteiger partial charge < -0.3 is 15.5 Å². The van der Waals surface area contributed by atoms with E-state index in [-0.39, 0.29) is 23.7 Å². The average Bonchev–Trinajstić information content (AvgIpc) is 2.36. The molecule has 0 aliphatic carbocycles. The first-order valence-electron chi connectivity index (χ1n) is 6.29. The Hall–Kier alpha value is -1.81. The number of nitrogens with one attached hydrogen (secondary N) is 1. The van der Waals surface area contributed by atoms with Crippen molar-refractivity contribution in [3.63, 3.8) is 0 Å². The highest BCUT2D eigenvalue weighted by atomic mass is 16.3. The molecule has 104 valence electrons. The highest BCUT2D eigenvalue weighted by Crippen LogP contribution is 2.17. The first-order valence-corrected chi connectivity index (χ1v) is 6.29. The molecular formula is C15H21NO3. The second kappa shape index (κ2) is 6.95. The standard InChI is InChI=1S/C15H21NO3/c1-15(2,9-10-17)11-16-14(19)8-5-12-3-6-13(18)7-4-12/h3-8,17-18H,9-11H2,1-2H3,(H,16,19)/b8-5+. The molecule has 3 N–H and O–H groups in total. The molecule has 0 bridgehead atoms. The third kappa shape index (κ3) is 6.06. The van der Waals surface area contributed by atoms with E-state index in [4.69, 9.17) is 10.2 Å². The van der Waals surface area contributed by atoms with Gasteiger partial charge >= 0.3 is 0 Å². The minimum atomic E-state index is -0.168. The molecule has 0 aromatic heterocycles. The van der Waals surface area contributed by atoms with Gasteiger partial charge in [0.15, 0.2) is 0 Å². The summed E-state index contributed by atoms with van der Waals surface area (Å²) in [5.41, 5.74) is 0.735. The van der Waals surface area contributed by atoms with Gasteiger partial charge in [-0.15, -0.1) is 0 Å². The number of rotatable bonds is 6. The number of phenolic OH excluding ortho intramolecular Hbond substituents is 1. The highest BCUT2D eigenvalue weighted by Gasteiger charge is 2.17. The summed E-state index contributed by atoms with van der Waals surface area (Å²) >= 11 is 0. The molecule has 1 aromatic carbocycles. The van der Waals surface area contributed by atoms with Crippen LogP contribution in [0.15, 0.2) is 30.3 Å². The Morgan fingerprint density at radius 2 is 1.95 bits per heavy atom. The fraction of sp³-hybridized carbons (Fsp3) is 0.400. The van der Waals surface area contributed by atoms with Crippen molar-refractivity contribution in [3.05, 3.63) is 35.9 Å². The monoisotopic (exact) mass is 263 g/mol. The van der Waals surface area contributed by atoms with Crippen LogP contribution in [0.4, 0.5) is 0 Å². The number of phenols is 1. The van der Waals surface area contributed by atoms with Crippen LogP contribution in [0.5, 0.6) is 5.75 Å². The molecule has 4 nitrogen and oxygen atoms in total. The van der Waals surface area contributed by atoms with Gasteiger partial charge in [-0.05, 0) is 35.6 Å². The number of aliphatic hydroxyl groups excluding tert-OH is 1. The van der Waals surface area contributed by atoms with E-state index in [2.05, 4.69) is 5.32 Å². The predicted molar refractivity (Wildman–Crippen MR) is 75.6 cm³/mol. The summed E-state index contributed by atoms with van der Waals surface area (Å²) in [7, 11) is 0. The normalized spacial score (nSPS) is 11.7. The van der Waals surface area contributed by atoms with Gasteiger partial charge in [-0.2, -0.15) is 0 Å². The molecular weight excluding hydrogens is 242 g/mol. The molecule has 0 aliphatic heterocycles. The number of aliphatic hydroxyl groups is 1. The van der Waals surface area contributed by atoms with Crippen LogP contribution in [0.1, 0.15) is 25.8 Å². The second-order valence-electron chi connectivity index (χ2n) is 5.28. The predicted octanol–water partition coefficient (Wildman–Crippen LogP) is 1.93. The van der Waals surface area contributed by atoms with E-state index in [0.717, 1.165) is 5.56 Å². The Morgan fingerprint density at radius 1 is 1.32 bits per heavy atom.